The van der Waals surface area contributed by atoms with Gasteiger partial charge in [-0.25, -0.2) is 18.6 Å². The van der Waals surface area contributed by atoms with E-state index in [4.69, 9.17) is 9.47 Å². The molecule has 1 saturated heterocycles. The van der Waals surface area contributed by atoms with E-state index in [0.29, 0.717) is 24.5 Å². The maximum absolute atomic E-state index is 14.2. The van der Waals surface area contributed by atoms with Gasteiger partial charge in [-0.2, -0.15) is 0 Å². The number of allylic oxidation sites excluding steroid dienone is 1. The van der Waals surface area contributed by atoms with Gasteiger partial charge < -0.3 is 25.0 Å². The number of nitrogens with zero attached hydrogens (tertiary/aromatic N) is 2. The molecule has 12 heteroatoms. The van der Waals surface area contributed by atoms with Crippen molar-refractivity contribution >= 4 is 45.0 Å². The lowest BCUT2D eigenvalue weighted by molar-refractivity contribution is -0.148. The number of thiazole rings is 1. The van der Waals surface area contributed by atoms with Gasteiger partial charge in [-0.1, -0.05) is 48.5 Å². The van der Waals surface area contributed by atoms with Crippen molar-refractivity contribution in [2.75, 3.05) is 19.0 Å². The molecule has 232 valence electrons. The Morgan fingerprint density at radius 3 is 2.77 bits per heavy atom. The van der Waals surface area contributed by atoms with Crippen molar-refractivity contribution in [3.8, 4) is 5.19 Å². The number of anilines is 1. The third-order valence-corrected chi connectivity index (χ3v) is 9.52. The van der Waals surface area contributed by atoms with E-state index < -0.39 is 47.2 Å². The molecule has 9 nitrogen and oxygen atoms in total. The van der Waals surface area contributed by atoms with E-state index in [1.165, 1.54) is 29.4 Å². The molecule has 1 saturated carbocycles. The highest BCUT2D eigenvalue weighted by Gasteiger charge is 2.62. The van der Waals surface area contributed by atoms with E-state index in [0.717, 1.165) is 41.6 Å². The highest BCUT2D eigenvalue weighted by Crippen LogP contribution is 2.46. The lowest BCUT2D eigenvalue weighted by Gasteiger charge is -2.30. The minimum absolute atomic E-state index is 0.108. The fraction of sp³-hybridized carbons (Fsp3) is 0.438. The van der Waals surface area contributed by atoms with Gasteiger partial charge >= 0.3 is 5.97 Å². The summed E-state index contributed by atoms with van der Waals surface area (Å²) in [5.74, 6) is -3.58. The van der Waals surface area contributed by atoms with Crippen molar-refractivity contribution in [3.05, 3.63) is 66.3 Å². The average molecular weight is 625 g/mol. The molecule has 0 bridgehead atoms. The number of para-hydroxylation sites is 1. The number of ether oxygens (including phenoxy) is 2. The zero-order valence-corrected chi connectivity index (χ0v) is 25.1. The Bertz CT molecular complexity index is 1560. The molecule has 3 aliphatic rings. The molecule has 2 N–H and O–H groups in total. The number of rotatable bonds is 5. The third-order valence-electron chi connectivity index (χ3n) is 8.59. The number of fused-ring (bicyclic) bond motifs is 3. The van der Waals surface area contributed by atoms with Gasteiger partial charge in [0.15, 0.2) is 11.6 Å². The van der Waals surface area contributed by atoms with Gasteiger partial charge in [0, 0.05) is 24.1 Å². The first kappa shape index (κ1) is 30.0. The second-order valence-corrected chi connectivity index (χ2v) is 12.6. The predicted molar refractivity (Wildman–Crippen MR) is 161 cm³/mol. The first-order valence-electron chi connectivity index (χ1n) is 14.9. The van der Waals surface area contributed by atoms with Crippen molar-refractivity contribution in [1.82, 2.24) is 15.2 Å². The smallest absolute Gasteiger partial charge is 0.332 e. The van der Waals surface area contributed by atoms with Crippen molar-refractivity contribution in [1.29, 1.82) is 0 Å². The second kappa shape index (κ2) is 12.5. The lowest BCUT2D eigenvalue weighted by Crippen LogP contribution is -2.55. The molecule has 2 fully saturated rings. The Hall–Kier alpha value is -4.06. The highest BCUT2D eigenvalue weighted by atomic mass is 32.1. The second-order valence-electron chi connectivity index (χ2n) is 11.6. The molecule has 2 aromatic carbocycles. The Balaban J connectivity index is 1.30. The van der Waals surface area contributed by atoms with Crippen LogP contribution in [0.2, 0.25) is 0 Å². The Morgan fingerprint density at radius 1 is 1.14 bits per heavy atom. The number of carbonyl (C=O) groups excluding carboxylic acids is 3. The first-order valence-corrected chi connectivity index (χ1v) is 15.7. The van der Waals surface area contributed by atoms with E-state index in [1.807, 2.05) is 36.4 Å². The van der Waals surface area contributed by atoms with E-state index in [2.05, 4.69) is 15.6 Å². The minimum atomic E-state index is -1.19. The zero-order valence-electron chi connectivity index (χ0n) is 24.3. The number of amides is 2. The molecule has 2 amide bonds. The molecule has 0 unspecified atom stereocenters. The molecule has 5 atom stereocenters. The normalized spacial score (nSPS) is 27.5. The van der Waals surface area contributed by atoms with Crippen molar-refractivity contribution in [2.45, 2.75) is 68.7 Å². The number of esters is 1. The molecule has 0 spiro atoms. The molecule has 0 radical (unpaired) electrons. The monoisotopic (exact) mass is 624 g/mol. The van der Waals surface area contributed by atoms with Crippen LogP contribution in [-0.2, 0) is 19.1 Å². The summed E-state index contributed by atoms with van der Waals surface area (Å²) in [6.07, 6.45) is 7.66. The van der Waals surface area contributed by atoms with Gasteiger partial charge in [-0.15, -0.1) is 0 Å². The van der Waals surface area contributed by atoms with E-state index >= 15 is 0 Å². The zero-order chi connectivity index (χ0) is 30.8. The first-order chi connectivity index (χ1) is 21.3. The van der Waals surface area contributed by atoms with Crippen LogP contribution in [0.25, 0.3) is 10.2 Å². The van der Waals surface area contributed by atoms with E-state index in [-0.39, 0.29) is 30.5 Å². The SMILES string of the molecule is COC(=O)[C@@]12C[C@H]1C=CCCCCC[C@H](Nc1ccc(F)c(F)c1)C(=O)N1C[C@H](Oc3nc4ccccc4s3)C[C@H]1C(=O)N2. The fourth-order valence-corrected chi connectivity index (χ4v) is 7.03. The summed E-state index contributed by atoms with van der Waals surface area (Å²) in [6, 6.07) is 9.29. The molecule has 44 heavy (non-hydrogen) atoms. The molecule has 2 aliphatic heterocycles. The standard InChI is InChI=1S/C32H34F2N4O5S/c1-42-30(41)32-17-19(32)9-5-3-2-4-6-11-25(35-20-13-14-22(33)23(34)15-20)29(40)38-18-21(16-26(38)28(39)37-32)43-31-36-24-10-7-8-12-27(24)44-31/h5,7-10,12-15,19,21,25-26,35H,2-4,6,11,16-18H2,1H3,(H,37,39)/t19-,21-,25+,26+,32-/m1/s1. The number of hydrogen-bond acceptors (Lipinski definition) is 8. The average Bonchev–Trinajstić information content (AvgIpc) is 3.32. The Labute approximate surface area is 257 Å². The Morgan fingerprint density at radius 2 is 1.98 bits per heavy atom. The van der Waals surface area contributed by atoms with Gasteiger partial charge in [0.05, 0.1) is 23.9 Å². The third kappa shape index (κ3) is 6.12. The number of nitrogens with one attached hydrogen (secondary N) is 2. The molecular formula is C32H34F2N4O5S. The van der Waals surface area contributed by atoms with Crippen LogP contribution in [0.3, 0.4) is 0 Å². The van der Waals surface area contributed by atoms with Gasteiger partial charge in [-0.05, 0) is 49.9 Å². The Kier molecular flexibility index (Phi) is 8.53. The van der Waals surface area contributed by atoms with Crippen LogP contribution < -0.4 is 15.4 Å². The highest BCUT2D eigenvalue weighted by molar-refractivity contribution is 7.20. The van der Waals surface area contributed by atoms with Crippen LogP contribution in [0.4, 0.5) is 14.5 Å². The van der Waals surface area contributed by atoms with Crippen LogP contribution in [0, 0.1) is 17.6 Å². The summed E-state index contributed by atoms with van der Waals surface area (Å²) in [7, 11) is 1.29. The van der Waals surface area contributed by atoms with Crippen LogP contribution >= 0.6 is 11.3 Å². The van der Waals surface area contributed by atoms with Crippen molar-refractivity contribution in [3.63, 3.8) is 0 Å². The molecule has 3 aromatic rings. The van der Waals surface area contributed by atoms with E-state index in [1.54, 1.807) is 0 Å². The molecule has 1 aliphatic carbocycles. The molecule has 6 rings (SSSR count). The van der Waals surface area contributed by atoms with E-state index in [9.17, 15) is 23.2 Å². The predicted octanol–water partition coefficient (Wildman–Crippen LogP) is 4.97. The van der Waals surface area contributed by atoms with Gasteiger partial charge in [0.2, 0.25) is 11.8 Å². The van der Waals surface area contributed by atoms with Gasteiger partial charge in [-0.3, -0.25) is 9.59 Å². The maximum atomic E-state index is 14.2. The van der Waals surface area contributed by atoms with Gasteiger partial charge in [0.1, 0.15) is 23.7 Å². The summed E-state index contributed by atoms with van der Waals surface area (Å²) >= 11 is 1.38. The van der Waals surface area contributed by atoms with Crippen LogP contribution in [0.1, 0.15) is 44.9 Å². The maximum Gasteiger partial charge on any atom is 0.332 e. The summed E-state index contributed by atoms with van der Waals surface area (Å²) in [5.41, 5.74) is -0.138. The quantitative estimate of drug-likeness (QED) is 0.305. The number of halogens is 2. The number of hydrogen-bond donors (Lipinski definition) is 2. The van der Waals surface area contributed by atoms with Crippen molar-refractivity contribution < 1.29 is 32.6 Å². The molecular weight excluding hydrogens is 590 g/mol. The summed E-state index contributed by atoms with van der Waals surface area (Å²) in [4.78, 5) is 47.0. The summed E-state index contributed by atoms with van der Waals surface area (Å²) in [6.45, 7) is 0.108. The number of carbonyl (C=O) groups is 3. The fourth-order valence-electron chi connectivity index (χ4n) is 6.15. The van der Waals surface area contributed by atoms with Crippen LogP contribution in [0.15, 0.2) is 54.6 Å². The van der Waals surface area contributed by atoms with Crippen LogP contribution in [0.5, 0.6) is 5.19 Å². The van der Waals surface area contributed by atoms with Crippen LogP contribution in [-0.4, -0.2) is 65.0 Å². The van der Waals surface area contributed by atoms with Gasteiger partial charge in [0.25, 0.3) is 5.19 Å². The molecule has 3 heterocycles. The van der Waals surface area contributed by atoms with Crippen molar-refractivity contribution in [2.24, 2.45) is 5.92 Å². The number of methoxy groups -OCH3 is 1. The largest absolute Gasteiger partial charge is 0.467 e. The number of benzene rings is 2. The minimum Gasteiger partial charge on any atom is -0.467 e. The summed E-state index contributed by atoms with van der Waals surface area (Å²) < 4.78 is 39.9. The lowest BCUT2D eigenvalue weighted by atomic mass is 10.0. The number of aromatic nitrogens is 1. The summed E-state index contributed by atoms with van der Waals surface area (Å²) in [5, 5.41) is 6.44. The topological polar surface area (TPSA) is 110 Å². The molecule has 1 aromatic heterocycles.